The van der Waals surface area contributed by atoms with Gasteiger partial charge in [0, 0.05) is 11.0 Å². The van der Waals surface area contributed by atoms with E-state index >= 15 is 0 Å². The van der Waals surface area contributed by atoms with E-state index in [1.165, 1.54) is 56.9 Å². The molecule has 0 saturated carbocycles. The lowest BCUT2D eigenvalue weighted by atomic mass is 10.1. The lowest BCUT2D eigenvalue weighted by molar-refractivity contribution is 0.555. The molecule has 0 aliphatic heterocycles. The zero-order valence-corrected chi connectivity index (χ0v) is 13.8. The molecule has 1 aromatic carbocycles. The van der Waals surface area contributed by atoms with Crippen LogP contribution < -0.4 is 5.32 Å². The van der Waals surface area contributed by atoms with E-state index in [-0.39, 0.29) is 0 Å². The van der Waals surface area contributed by atoms with E-state index < -0.39 is 0 Å². The summed E-state index contributed by atoms with van der Waals surface area (Å²) >= 11 is 3.46. The van der Waals surface area contributed by atoms with Crippen molar-refractivity contribution in [3.8, 4) is 0 Å². The van der Waals surface area contributed by atoms with Gasteiger partial charge in [-0.15, -0.1) is 0 Å². The topological polar surface area (TPSA) is 12.0 Å². The molecule has 0 fully saturated rings. The summed E-state index contributed by atoms with van der Waals surface area (Å²) in [5.74, 6) is 0. The maximum atomic E-state index is 3.52. The second kappa shape index (κ2) is 11.5. The summed E-state index contributed by atoms with van der Waals surface area (Å²) in [6.45, 7) is 4.41. The van der Waals surface area contributed by atoms with E-state index in [1.807, 2.05) is 0 Å². The first-order valence-electron chi connectivity index (χ1n) is 7.78. The summed E-state index contributed by atoms with van der Waals surface area (Å²) in [4.78, 5) is 0. The van der Waals surface area contributed by atoms with Gasteiger partial charge in [0.2, 0.25) is 0 Å². The predicted molar refractivity (Wildman–Crippen MR) is 88.5 cm³/mol. The second-order valence-electron chi connectivity index (χ2n) is 5.28. The number of hydrogen-bond donors (Lipinski definition) is 1. The fourth-order valence-electron chi connectivity index (χ4n) is 2.22. The number of hydrogen-bond acceptors (Lipinski definition) is 1. The highest BCUT2D eigenvalue weighted by atomic mass is 79.9. The zero-order chi connectivity index (χ0) is 13.8. The van der Waals surface area contributed by atoms with Gasteiger partial charge in [0.15, 0.2) is 0 Å². The van der Waals surface area contributed by atoms with E-state index in [1.54, 1.807) is 0 Å². The maximum Gasteiger partial charge on any atom is 0.0205 e. The van der Waals surface area contributed by atoms with Gasteiger partial charge in [-0.05, 0) is 30.7 Å². The largest absolute Gasteiger partial charge is 0.313 e. The van der Waals surface area contributed by atoms with Crippen molar-refractivity contribution in [2.45, 2.75) is 64.8 Å². The molecule has 0 amide bonds. The van der Waals surface area contributed by atoms with Crippen LogP contribution in [0.5, 0.6) is 0 Å². The van der Waals surface area contributed by atoms with E-state index in [9.17, 15) is 0 Å². The van der Waals surface area contributed by atoms with Gasteiger partial charge < -0.3 is 5.32 Å². The molecule has 1 N–H and O–H groups in total. The van der Waals surface area contributed by atoms with Crippen LogP contribution in [0.25, 0.3) is 0 Å². The minimum absolute atomic E-state index is 0.990. The van der Waals surface area contributed by atoms with E-state index in [0.29, 0.717) is 0 Å². The monoisotopic (exact) mass is 325 g/mol. The number of unbranched alkanes of at least 4 members (excludes halogenated alkanes) is 7. The molecule has 0 aliphatic rings. The Morgan fingerprint density at radius 3 is 2.05 bits per heavy atom. The molecule has 1 aromatic rings. The van der Waals surface area contributed by atoms with Gasteiger partial charge in [-0.3, -0.25) is 0 Å². The Labute approximate surface area is 127 Å². The van der Waals surface area contributed by atoms with Crippen molar-refractivity contribution < 1.29 is 0 Å². The van der Waals surface area contributed by atoms with Crippen LogP contribution in [-0.4, -0.2) is 6.54 Å². The lowest BCUT2D eigenvalue weighted by Gasteiger charge is -2.05. The van der Waals surface area contributed by atoms with Crippen LogP contribution in [0.4, 0.5) is 0 Å². The molecular weight excluding hydrogens is 298 g/mol. The van der Waals surface area contributed by atoms with Crippen molar-refractivity contribution in [1.82, 2.24) is 5.32 Å². The third-order valence-electron chi connectivity index (χ3n) is 3.45. The standard InChI is InChI=1S/C17H28BrN/c1-2-3-4-5-6-7-8-9-14-19-15-16-10-12-17(18)13-11-16/h10-13,19H,2-9,14-15H2,1H3. The van der Waals surface area contributed by atoms with Gasteiger partial charge in [0.25, 0.3) is 0 Å². The molecular formula is C17H28BrN. The summed E-state index contributed by atoms with van der Waals surface area (Å²) in [6, 6.07) is 8.55. The van der Waals surface area contributed by atoms with Gasteiger partial charge in [0.05, 0.1) is 0 Å². The normalized spacial score (nSPS) is 10.8. The van der Waals surface area contributed by atoms with Crippen LogP contribution in [-0.2, 0) is 6.54 Å². The molecule has 108 valence electrons. The van der Waals surface area contributed by atoms with Gasteiger partial charge >= 0.3 is 0 Å². The van der Waals surface area contributed by atoms with Gasteiger partial charge in [-0.2, -0.15) is 0 Å². The van der Waals surface area contributed by atoms with Crippen molar-refractivity contribution in [3.63, 3.8) is 0 Å². The number of halogens is 1. The van der Waals surface area contributed by atoms with Crippen LogP contribution in [0.1, 0.15) is 63.9 Å². The van der Waals surface area contributed by atoms with Crippen LogP contribution in [0, 0.1) is 0 Å². The van der Waals surface area contributed by atoms with Crippen LogP contribution in [0.3, 0.4) is 0 Å². The molecule has 0 radical (unpaired) electrons. The fourth-order valence-corrected chi connectivity index (χ4v) is 2.48. The van der Waals surface area contributed by atoms with Crippen molar-refractivity contribution in [1.29, 1.82) is 0 Å². The smallest absolute Gasteiger partial charge is 0.0205 e. The summed E-state index contributed by atoms with van der Waals surface area (Å²) < 4.78 is 1.15. The molecule has 0 aliphatic carbocycles. The van der Waals surface area contributed by atoms with Gasteiger partial charge in [-0.1, -0.05) is 79.9 Å². The summed E-state index contributed by atoms with van der Waals surface area (Å²) in [5.41, 5.74) is 1.36. The molecule has 0 unspecified atom stereocenters. The SMILES string of the molecule is CCCCCCCCCCNCc1ccc(Br)cc1. The van der Waals surface area contributed by atoms with Gasteiger partial charge in [-0.25, -0.2) is 0 Å². The minimum Gasteiger partial charge on any atom is -0.313 e. The van der Waals surface area contributed by atoms with Crippen LogP contribution >= 0.6 is 15.9 Å². The van der Waals surface area contributed by atoms with Crippen molar-refractivity contribution >= 4 is 15.9 Å². The highest BCUT2D eigenvalue weighted by Gasteiger charge is 1.94. The van der Waals surface area contributed by atoms with Crippen molar-refractivity contribution in [3.05, 3.63) is 34.3 Å². The Morgan fingerprint density at radius 1 is 0.842 bits per heavy atom. The Morgan fingerprint density at radius 2 is 1.42 bits per heavy atom. The Bertz CT molecular complexity index is 308. The Kier molecular flexibility index (Phi) is 10.1. The number of nitrogens with one attached hydrogen (secondary N) is 1. The molecule has 0 aromatic heterocycles. The molecule has 0 saturated heterocycles. The van der Waals surface area contributed by atoms with Crippen LogP contribution in [0.15, 0.2) is 28.7 Å². The third kappa shape index (κ3) is 9.23. The molecule has 1 nitrogen and oxygen atoms in total. The number of rotatable bonds is 11. The average Bonchev–Trinajstić information content (AvgIpc) is 2.43. The van der Waals surface area contributed by atoms with Crippen molar-refractivity contribution in [2.75, 3.05) is 6.54 Å². The Hall–Kier alpha value is -0.340. The van der Waals surface area contributed by atoms with Crippen LogP contribution in [0.2, 0.25) is 0 Å². The first-order chi connectivity index (χ1) is 9.33. The predicted octanol–water partition coefficient (Wildman–Crippen LogP) is 5.68. The summed E-state index contributed by atoms with van der Waals surface area (Å²) in [6.07, 6.45) is 11.1. The van der Waals surface area contributed by atoms with E-state index in [0.717, 1.165) is 17.6 Å². The molecule has 1 rings (SSSR count). The third-order valence-corrected chi connectivity index (χ3v) is 3.98. The fraction of sp³-hybridized carbons (Fsp3) is 0.647. The zero-order valence-electron chi connectivity index (χ0n) is 12.3. The van der Waals surface area contributed by atoms with Gasteiger partial charge in [0.1, 0.15) is 0 Å². The molecule has 0 bridgehead atoms. The highest BCUT2D eigenvalue weighted by molar-refractivity contribution is 9.10. The van der Waals surface area contributed by atoms with E-state index in [4.69, 9.17) is 0 Å². The number of benzene rings is 1. The Balaban J connectivity index is 1.87. The second-order valence-corrected chi connectivity index (χ2v) is 6.19. The maximum absolute atomic E-state index is 3.52. The molecule has 0 heterocycles. The first-order valence-corrected chi connectivity index (χ1v) is 8.57. The summed E-state index contributed by atoms with van der Waals surface area (Å²) in [5, 5.41) is 3.52. The van der Waals surface area contributed by atoms with Crippen molar-refractivity contribution in [2.24, 2.45) is 0 Å². The molecule has 2 heteroatoms. The molecule has 0 spiro atoms. The lowest BCUT2D eigenvalue weighted by Crippen LogP contribution is -2.14. The minimum atomic E-state index is 0.990. The quantitative estimate of drug-likeness (QED) is 0.516. The molecule has 0 atom stereocenters. The molecule has 19 heavy (non-hydrogen) atoms. The average molecular weight is 326 g/mol. The van der Waals surface area contributed by atoms with E-state index in [2.05, 4.69) is 52.4 Å². The summed E-state index contributed by atoms with van der Waals surface area (Å²) in [7, 11) is 0. The first kappa shape index (κ1) is 16.7. The highest BCUT2D eigenvalue weighted by Crippen LogP contribution is 2.10.